The van der Waals surface area contributed by atoms with Crippen molar-refractivity contribution in [2.24, 2.45) is 0 Å². The number of ether oxygens (including phenoxy) is 1. The van der Waals surface area contributed by atoms with Crippen LogP contribution in [0, 0.1) is 12.7 Å². The topological polar surface area (TPSA) is 43.6 Å². The SMILES string of the molecule is CCOC(=O)c1cc2cc(-c3ccc(F)cc3)nn2cc1C. The van der Waals surface area contributed by atoms with Crippen molar-refractivity contribution >= 4 is 11.5 Å². The lowest BCUT2D eigenvalue weighted by Crippen LogP contribution is -2.07. The summed E-state index contributed by atoms with van der Waals surface area (Å²) in [6.45, 7) is 3.95. The van der Waals surface area contributed by atoms with E-state index in [4.69, 9.17) is 4.74 Å². The molecule has 0 aliphatic rings. The molecule has 3 aromatic rings. The minimum atomic E-state index is -0.341. The van der Waals surface area contributed by atoms with Gasteiger partial charge in [-0.15, -0.1) is 0 Å². The van der Waals surface area contributed by atoms with E-state index in [9.17, 15) is 9.18 Å². The van der Waals surface area contributed by atoms with Crippen molar-refractivity contribution in [3.8, 4) is 11.3 Å². The number of aromatic nitrogens is 2. The van der Waals surface area contributed by atoms with Crippen LogP contribution in [0.1, 0.15) is 22.8 Å². The highest BCUT2D eigenvalue weighted by Gasteiger charge is 2.13. The third-order valence-electron chi connectivity index (χ3n) is 3.43. The smallest absolute Gasteiger partial charge is 0.338 e. The van der Waals surface area contributed by atoms with E-state index in [-0.39, 0.29) is 11.8 Å². The van der Waals surface area contributed by atoms with Gasteiger partial charge in [-0.3, -0.25) is 0 Å². The van der Waals surface area contributed by atoms with E-state index in [0.29, 0.717) is 12.2 Å². The van der Waals surface area contributed by atoms with Crippen LogP contribution < -0.4 is 0 Å². The van der Waals surface area contributed by atoms with E-state index in [0.717, 1.165) is 22.3 Å². The summed E-state index contributed by atoms with van der Waals surface area (Å²) in [6.07, 6.45) is 1.79. The molecular formula is C17H15FN2O2. The van der Waals surface area contributed by atoms with Gasteiger partial charge in [0.15, 0.2) is 0 Å². The second kappa shape index (κ2) is 5.60. The minimum absolute atomic E-state index is 0.284. The number of esters is 1. The Hall–Kier alpha value is -2.69. The summed E-state index contributed by atoms with van der Waals surface area (Å²) in [5.74, 6) is -0.625. The maximum Gasteiger partial charge on any atom is 0.338 e. The first-order chi connectivity index (χ1) is 10.6. The molecular weight excluding hydrogens is 283 g/mol. The van der Waals surface area contributed by atoms with Gasteiger partial charge in [0.25, 0.3) is 0 Å². The Balaban J connectivity index is 2.06. The van der Waals surface area contributed by atoms with Gasteiger partial charge in [-0.05, 0) is 55.8 Å². The highest BCUT2D eigenvalue weighted by Crippen LogP contribution is 2.22. The third-order valence-corrected chi connectivity index (χ3v) is 3.43. The Morgan fingerprint density at radius 2 is 2.00 bits per heavy atom. The molecule has 4 nitrogen and oxygen atoms in total. The number of hydrogen-bond donors (Lipinski definition) is 0. The Morgan fingerprint density at radius 1 is 1.27 bits per heavy atom. The van der Waals surface area contributed by atoms with Gasteiger partial charge >= 0.3 is 5.97 Å². The lowest BCUT2D eigenvalue weighted by molar-refractivity contribution is 0.0525. The molecule has 5 heteroatoms. The quantitative estimate of drug-likeness (QED) is 0.694. The molecule has 2 aromatic heterocycles. The molecule has 22 heavy (non-hydrogen) atoms. The predicted molar refractivity (Wildman–Crippen MR) is 81.3 cm³/mol. The Bertz CT molecular complexity index is 838. The van der Waals surface area contributed by atoms with Crippen molar-refractivity contribution in [1.29, 1.82) is 0 Å². The molecule has 0 radical (unpaired) electrons. The lowest BCUT2D eigenvalue weighted by atomic mass is 10.1. The summed E-state index contributed by atoms with van der Waals surface area (Å²) >= 11 is 0. The maximum absolute atomic E-state index is 13.0. The molecule has 0 aliphatic heterocycles. The van der Waals surface area contributed by atoms with Gasteiger partial charge < -0.3 is 4.74 Å². The van der Waals surface area contributed by atoms with Crippen molar-refractivity contribution in [3.05, 3.63) is 59.5 Å². The first kappa shape index (κ1) is 14.3. The molecule has 112 valence electrons. The second-order valence-electron chi connectivity index (χ2n) is 5.00. The fourth-order valence-corrected chi connectivity index (χ4v) is 2.33. The van der Waals surface area contributed by atoms with Crippen LogP contribution in [-0.4, -0.2) is 22.2 Å². The zero-order valence-corrected chi connectivity index (χ0v) is 12.3. The molecule has 0 amide bonds. The normalized spacial score (nSPS) is 10.9. The average molecular weight is 298 g/mol. The van der Waals surface area contributed by atoms with Gasteiger partial charge in [0, 0.05) is 11.8 Å². The molecule has 0 spiro atoms. The van der Waals surface area contributed by atoms with Gasteiger partial charge in [0.05, 0.1) is 23.4 Å². The summed E-state index contributed by atoms with van der Waals surface area (Å²) in [7, 11) is 0. The van der Waals surface area contributed by atoms with Gasteiger partial charge in [-0.1, -0.05) is 0 Å². The number of hydrogen-bond acceptors (Lipinski definition) is 3. The largest absolute Gasteiger partial charge is 0.462 e. The molecule has 1 aromatic carbocycles. The number of aryl methyl sites for hydroxylation is 1. The number of nitrogens with zero attached hydrogens (tertiary/aromatic N) is 2. The van der Waals surface area contributed by atoms with Crippen LogP contribution in [0.2, 0.25) is 0 Å². The van der Waals surface area contributed by atoms with Crippen LogP contribution in [-0.2, 0) is 4.74 Å². The van der Waals surface area contributed by atoms with Crippen molar-refractivity contribution < 1.29 is 13.9 Å². The number of carbonyl (C=O) groups is 1. The highest BCUT2D eigenvalue weighted by atomic mass is 19.1. The average Bonchev–Trinajstić information content (AvgIpc) is 2.90. The van der Waals surface area contributed by atoms with Crippen LogP contribution in [0.15, 0.2) is 42.6 Å². The molecule has 0 saturated carbocycles. The number of carbonyl (C=O) groups excluding carboxylic acids is 1. The van der Waals surface area contributed by atoms with Crippen molar-refractivity contribution in [1.82, 2.24) is 9.61 Å². The van der Waals surface area contributed by atoms with Crippen LogP contribution in [0.25, 0.3) is 16.8 Å². The van der Waals surface area contributed by atoms with Gasteiger partial charge in [-0.2, -0.15) is 5.10 Å². The molecule has 3 rings (SSSR count). The lowest BCUT2D eigenvalue weighted by Gasteiger charge is -2.05. The second-order valence-corrected chi connectivity index (χ2v) is 5.00. The molecule has 0 unspecified atom stereocenters. The standard InChI is InChI=1S/C17H15FN2O2/c1-3-22-17(21)15-8-14-9-16(19-20(14)10-11(15)2)12-4-6-13(18)7-5-12/h4-10H,3H2,1-2H3. The minimum Gasteiger partial charge on any atom is -0.462 e. The summed E-state index contributed by atoms with van der Waals surface area (Å²) in [5.41, 5.74) is 3.65. The predicted octanol–water partition coefficient (Wildman–Crippen LogP) is 3.63. The molecule has 0 aliphatic carbocycles. The van der Waals surface area contributed by atoms with Crippen molar-refractivity contribution in [2.75, 3.05) is 6.61 Å². The first-order valence-corrected chi connectivity index (χ1v) is 7.01. The molecule has 0 saturated heterocycles. The fraction of sp³-hybridized carbons (Fsp3) is 0.176. The monoisotopic (exact) mass is 298 g/mol. The van der Waals surface area contributed by atoms with Crippen molar-refractivity contribution in [2.45, 2.75) is 13.8 Å². The Kier molecular flexibility index (Phi) is 3.63. The molecule has 2 heterocycles. The summed E-state index contributed by atoms with van der Waals surface area (Å²) in [4.78, 5) is 11.9. The number of halogens is 1. The van der Waals surface area contributed by atoms with Crippen molar-refractivity contribution in [3.63, 3.8) is 0 Å². The number of pyridine rings is 1. The van der Waals surface area contributed by atoms with Gasteiger partial charge in [-0.25, -0.2) is 13.7 Å². The Labute approximate surface area is 127 Å². The fourth-order valence-electron chi connectivity index (χ4n) is 2.33. The zero-order valence-electron chi connectivity index (χ0n) is 12.3. The van der Waals surface area contributed by atoms with Crippen LogP contribution in [0.5, 0.6) is 0 Å². The third kappa shape index (κ3) is 2.57. The number of fused-ring (bicyclic) bond motifs is 1. The highest BCUT2D eigenvalue weighted by molar-refractivity contribution is 5.92. The van der Waals surface area contributed by atoms with E-state index in [1.54, 1.807) is 35.8 Å². The number of rotatable bonds is 3. The van der Waals surface area contributed by atoms with Gasteiger partial charge in [0.2, 0.25) is 0 Å². The van der Waals surface area contributed by atoms with E-state index >= 15 is 0 Å². The van der Waals surface area contributed by atoms with E-state index in [1.807, 2.05) is 13.0 Å². The molecule has 0 fully saturated rings. The van der Waals surface area contributed by atoms with Crippen LogP contribution in [0.4, 0.5) is 4.39 Å². The molecule has 0 N–H and O–H groups in total. The maximum atomic E-state index is 13.0. The van der Waals surface area contributed by atoms with Crippen LogP contribution >= 0.6 is 0 Å². The van der Waals surface area contributed by atoms with Gasteiger partial charge in [0.1, 0.15) is 5.82 Å². The van der Waals surface area contributed by atoms with E-state index in [1.165, 1.54) is 12.1 Å². The summed E-state index contributed by atoms with van der Waals surface area (Å²) in [5, 5.41) is 4.46. The summed E-state index contributed by atoms with van der Waals surface area (Å²) < 4.78 is 19.8. The van der Waals surface area contributed by atoms with E-state index in [2.05, 4.69) is 5.10 Å². The molecule has 0 atom stereocenters. The number of benzene rings is 1. The Morgan fingerprint density at radius 3 is 2.68 bits per heavy atom. The zero-order chi connectivity index (χ0) is 15.7. The first-order valence-electron chi connectivity index (χ1n) is 7.01. The van der Waals surface area contributed by atoms with Crippen LogP contribution in [0.3, 0.4) is 0 Å². The summed E-state index contributed by atoms with van der Waals surface area (Å²) in [6, 6.07) is 9.76. The van der Waals surface area contributed by atoms with E-state index < -0.39 is 0 Å². The molecule has 0 bridgehead atoms.